The lowest BCUT2D eigenvalue weighted by Gasteiger charge is -2.15. The van der Waals surface area contributed by atoms with Crippen molar-refractivity contribution in [2.75, 3.05) is 6.61 Å². The van der Waals surface area contributed by atoms with Gasteiger partial charge in [-0.1, -0.05) is 19.8 Å². The van der Waals surface area contributed by atoms with Crippen LogP contribution < -0.4 is 11.1 Å². The van der Waals surface area contributed by atoms with Gasteiger partial charge in [0.1, 0.15) is 6.04 Å². The van der Waals surface area contributed by atoms with Crippen LogP contribution in [-0.4, -0.2) is 40.8 Å². The Labute approximate surface area is 88.5 Å². The highest BCUT2D eigenvalue weighted by molar-refractivity contribution is 5.86. The van der Waals surface area contributed by atoms with Crippen molar-refractivity contribution in [3.63, 3.8) is 0 Å². The Kier molecular flexibility index (Phi) is 6.64. The van der Waals surface area contributed by atoms with Gasteiger partial charge in [0.05, 0.1) is 12.6 Å². The Morgan fingerprint density at radius 3 is 2.47 bits per heavy atom. The number of carbonyl (C=O) groups excluding carboxylic acids is 1. The average molecular weight is 218 g/mol. The molecule has 6 nitrogen and oxygen atoms in total. The molecule has 0 aliphatic carbocycles. The molecule has 0 aliphatic heterocycles. The van der Waals surface area contributed by atoms with Crippen LogP contribution in [0.3, 0.4) is 0 Å². The summed E-state index contributed by atoms with van der Waals surface area (Å²) in [4.78, 5) is 21.8. The Morgan fingerprint density at radius 1 is 1.47 bits per heavy atom. The van der Waals surface area contributed by atoms with Crippen molar-refractivity contribution in [2.24, 2.45) is 5.73 Å². The number of nitrogens with two attached hydrogens (primary N) is 1. The van der Waals surface area contributed by atoms with E-state index in [9.17, 15) is 9.59 Å². The lowest BCUT2D eigenvalue weighted by atomic mass is 10.1. The van der Waals surface area contributed by atoms with Gasteiger partial charge >= 0.3 is 5.97 Å². The maximum absolute atomic E-state index is 11.3. The van der Waals surface area contributed by atoms with Gasteiger partial charge in [-0.25, -0.2) is 4.79 Å². The topological polar surface area (TPSA) is 113 Å². The summed E-state index contributed by atoms with van der Waals surface area (Å²) in [6, 6.07) is -1.98. The number of nitrogens with one attached hydrogen (secondary N) is 1. The molecule has 0 radical (unpaired) electrons. The molecule has 15 heavy (non-hydrogen) atoms. The Bertz CT molecular complexity index is 220. The lowest BCUT2D eigenvalue weighted by molar-refractivity contribution is -0.143. The molecule has 5 N–H and O–H groups in total. The van der Waals surface area contributed by atoms with E-state index < -0.39 is 30.6 Å². The van der Waals surface area contributed by atoms with Crippen molar-refractivity contribution in [3.05, 3.63) is 0 Å². The molecule has 0 aromatic carbocycles. The number of aliphatic hydroxyl groups excluding tert-OH is 1. The number of carboxylic acids is 1. The highest BCUT2D eigenvalue weighted by Gasteiger charge is 2.21. The molecule has 2 atom stereocenters. The van der Waals surface area contributed by atoms with E-state index in [1.807, 2.05) is 6.92 Å². The smallest absolute Gasteiger partial charge is 0.328 e. The van der Waals surface area contributed by atoms with Gasteiger partial charge in [0.2, 0.25) is 5.91 Å². The Morgan fingerprint density at radius 2 is 2.07 bits per heavy atom. The van der Waals surface area contributed by atoms with E-state index in [1.165, 1.54) is 0 Å². The van der Waals surface area contributed by atoms with Crippen molar-refractivity contribution in [3.8, 4) is 0 Å². The predicted octanol–water partition coefficient (Wildman–Crippen LogP) is -0.934. The van der Waals surface area contributed by atoms with Crippen LogP contribution in [0.4, 0.5) is 0 Å². The standard InChI is InChI=1S/C9H18N2O4/c1-2-3-4-6(10)8(13)11-7(5-12)9(14)15/h6-7,12H,2-5,10H2,1H3,(H,11,13)(H,14,15)/t6-,7+/m0/s1. The van der Waals surface area contributed by atoms with Gasteiger partial charge in [-0.3, -0.25) is 4.79 Å². The van der Waals surface area contributed by atoms with Gasteiger partial charge in [0.25, 0.3) is 0 Å². The van der Waals surface area contributed by atoms with Crippen LogP contribution in [-0.2, 0) is 9.59 Å². The first kappa shape index (κ1) is 13.9. The van der Waals surface area contributed by atoms with Crippen molar-refractivity contribution in [1.82, 2.24) is 5.32 Å². The molecule has 0 heterocycles. The fraction of sp³-hybridized carbons (Fsp3) is 0.778. The second-order valence-electron chi connectivity index (χ2n) is 3.33. The second-order valence-corrected chi connectivity index (χ2v) is 3.33. The first-order valence-corrected chi connectivity index (χ1v) is 4.92. The van der Waals surface area contributed by atoms with Crippen molar-refractivity contribution in [2.45, 2.75) is 38.3 Å². The van der Waals surface area contributed by atoms with Gasteiger partial charge in [-0.05, 0) is 6.42 Å². The molecule has 0 aliphatic rings. The van der Waals surface area contributed by atoms with Gasteiger partial charge in [-0.15, -0.1) is 0 Å². The summed E-state index contributed by atoms with van der Waals surface area (Å²) < 4.78 is 0. The fourth-order valence-corrected chi connectivity index (χ4v) is 1.02. The molecule has 0 saturated heterocycles. The van der Waals surface area contributed by atoms with E-state index in [-0.39, 0.29) is 0 Å². The summed E-state index contributed by atoms with van der Waals surface area (Å²) in [5.74, 6) is -1.81. The first-order chi connectivity index (χ1) is 7.02. The molecule has 0 spiro atoms. The number of rotatable bonds is 7. The van der Waals surface area contributed by atoms with Crippen molar-refractivity contribution < 1.29 is 19.8 Å². The highest BCUT2D eigenvalue weighted by Crippen LogP contribution is 1.98. The molecular weight excluding hydrogens is 200 g/mol. The third-order valence-electron chi connectivity index (χ3n) is 2.00. The van der Waals surface area contributed by atoms with Crippen molar-refractivity contribution >= 4 is 11.9 Å². The van der Waals surface area contributed by atoms with Crippen LogP contribution in [0.1, 0.15) is 26.2 Å². The number of carboxylic acid groups (broad SMARTS) is 1. The maximum atomic E-state index is 11.3. The van der Waals surface area contributed by atoms with Crippen molar-refractivity contribution in [1.29, 1.82) is 0 Å². The molecule has 88 valence electrons. The molecule has 0 saturated carbocycles. The molecule has 1 amide bonds. The van der Waals surface area contributed by atoms with Gasteiger partial charge < -0.3 is 21.3 Å². The predicted molar refractivity (Wildman–Crippen MR) is 54.2 cm³/mol. The third kappa shape index (κ3) is 5.34. The second kappa shape index (κ2) is 7.19. The molecular formula is C9H18N2O4. The monoisotopic (exact) mass is 218 g/mol. The van der Waals surface area contributed by atoms with Gasteiger partial charge in [0.15, 0.2) is 0 Å². The molecule has 0 fully saturated rings. The largest absolute Gasteiger partial charge is 0.480 e. The van der Waals surface area contributed by atoms with Crippen LogP contribution >= 0.6 is 0 Å². The summed E-state index contributed by atoms with van der Waals surface area (Å²) >= 11 is 0. The zero-order valence-electron chi connectivity index (χ0n) is 8.77. The fourth-order valence-electron chi connectivity index (χ4n) is 1.02. The summed E-state index contributed by atoms with van der Waals surface area (Å²) in [5, 5.41) is 19.4. The summed E-state index contributed by atoms with van der Waals surface area (Å²) in [5.41, 5.74) is 5.52. The average Bonchev–Trinajstić information content (AvgIpc) is 2.21. The van der Waals surface area contributed by atoms with Crippen LogP contribution in [0.15, 0.2) is 0 Å². The van der Waals surface area contributed by atoms with E-state index in [2.05, 4.69) is 5.32 Å². The minimum Gasteiger partial charge on any atom is -0.480 e. The zero-order valence-corrected chi connectivity index (χ0v) is 8.77. The number of hydrogen-bond acceptors (Lipinski definition) is 4. The molecule has 0 bridgehead atoms. The summed E-state index contributed by atoms with van der Waals surface area (Å²) in [6.45, 7) is 1.33. The first-order valence-electron chi connectivity index (χ1n) is 4.92. The number of carbonyl (C=O) groups is 2. The number of unbranched alkanes of at least 4 members (excludes halogenated alkanes) is 1. The highest BCUT2D eigenvalue weighted by atomic mass is 16.4. The van der Waals surface area contributed by atoms with E-state index in [0.29, 0.717) is 6.42 Å². The van der Waals surface area contributed by atoms with E-state index in [4.69, 9.17) is 15.9 Å². The Hall–Kier alpha value is -1.14. The van der Waals surface area contributed by atoms with E-state index >= 15 is 0 Å². The lowest BCUT2D eigenvalue weighted by Crippen LogP contribution is -2.49. The van der Waals surface area contributed by atoms with Crippen LogP contribution in [0.25, 0.3) is 0 Å². The maximum Gasteiger partial charge on any atom is 0.328 e. The quantitative estimate of drug-likeness (QED) is 0.441. The minimum absolute atomic E-state index is 0.514. The van der Waals surface area contributed by atoms with Gasteiger partial charge in [0, 0.05) is 0 Å². The summed E-state index contributed by atoms with van der Waals surface area (Å²) in [7, 11) is 0. The molecule has 6 heteroatoms. The van der Waals surface area contributed by atoms with E-state index in [1.54, 1.807) is 0 Å². The van der Waals surface area contributed by atoms with Gasteiger partial charge in [-0.2, -0.15) is 0 Å². The zero-order chi connectivity index (χ0) is 11.8. The van der Waals surface area contributed by atoms with Crippen LogP contribution in [0.2, 0.25) is 0 Å². The van der Waals surface area contributed by atoms with Crippen LogP contribution in [0.5, 0.6) is 0 Å². The number of hydrogen-bond donors (Lipinski definition) is 4. The number of aliphatic hydroxyl groups is 1. The normalized spacial score (nSPS) is 14.3. The Balaban J connectivity index is 4.04. The molecule has 0 aromatic heterocycles. The SMILES string of the molecule is CCCC[C@H](N)C(=O)N[C@H](CO)C(=O)O. The van der Waals surface area contributed by atoms with E-state index in [0.717, 1.165) is 12.8 Å². The molecule has 0 unspecified atom stereocenters. The summed E-state index contributed by atoms with van der Waals surface area (Å²) in [6.07, 6.45) is 2.24. The molecule has 0 aromatic rings. The molecule has 0 rings (SSSR count). The third-order valence-corrected chi connectivity index (χ3v) is 2.00. The minimum atomic E-state index is -1.27. The number of aliphatic carboxylic acids is 1. The number of amides is 1. The van der Waals surface area contributed by atoms with Crippen LogP contribution in [0, 0.1) is 0 Å².